The van der Waals surface area contributed by atoms with Crippen LogP contribution in [-0.2, 0) is 14.4 Å². The van der Waals surface area contributed by atoms with Crippen molar-refractivity contribution in [3.63, 3.8) is 0 Å². The van der Waals surface area contributed by atoms with Gasteiger partial charge in [-0.3, -0.25) is 19.4 Å². The molecule has 3 amide bonds. The molecule has 9 heteroatoms. The molecule has 148 valence electrons. The van der Waals surface area contributed by atoms with Crippen molar-refractivity contribution in [2.24, 2.45) is 10.3 Å². The van der Waals surface area contributed by atoms with Gasteiger partial charge in [0.05, 0.1) is 5.69 Å². The number of hydrogen-bond donors (Lipinski definition) is 1. The van der Waals surface area contributed by atoms with E-state index in [2.05, 4.69) is 15.7 Å². The molecule has 2 aromatic carbocycles. The molecule has 1 N–H and O–H groups in total. The van der Waals surface area contributed by atoms with Crippen LogP contribution in [0.25, 0.3) is 0 Å². The van der Waals surface area contributed by atoms with E-state index in [1.807, 2.05) is 43.5 Å². The number of benzene rings is 2. The van der Waals surface area contributed by atoms with E-state index in [9.17, 15) is 14.4 Å². The predicted molar refractivity (Wildman–Crippen MR) is 110 cm³/mol. The van der Waals surface area contributed by atoms with E-state index in [-0.39, 0.29) is 12.5 Å². The van der Waals surface area contributed by atoms with Gasteiger partial charge in [0, 0.05) is 10.6 Å². The minimum absolute atomic E-state index is 0.172. The van der Waals surface area contributed by atoms with Gasteiger partial charge in [-0.25, -0.2) is 4.90 Å². The molecule has 4 rings (SSSR count). The van der Waals surface area contributed by atoms with Crippen LogP contribution in [0.15, 0.2) is 63.8 Å². The zero-order valence-electron chi connectivity index (χ0n) is 15.9. The molecule has 2 unspecified atom stereocenters. The fourth-order valence-corrected chi connectivity index (χ4v) is 3.81. The van der Waals surface area contributed by atoms with Crippen LogP contribution in [0.4, 0.5) is 11.4 Å². The van der Waals surface area contributed by atoms with Crippen LogP contribution in [0.5, 0.6) is 0 Å². The Labute approximate surface area is 171 Å². The van der Waals surface area contributed by atoms with E-state index in [1.54, 1.807) is 30.0 Å². The Morgan fingerprint density at radius 3 is 2.62 bits per heavy atom. The molecule has 0 bridgehead atoms. The van der Waals surface area contributed by atoms with E-state index in [1.165, 1.54) is 5.01 Å². The third kappa shape index (κ3) is 3.61. The topological polar surface area (TPSA) is 94.4 Å². The Kier molecular flexibility index (Phi) is 5.06. The molecule has 0 radical (unpaired) electrons. The largest absolute Gasteiger partial charge is 0.324 e. The standard InChI is InChI=1S/C20H19N5O3S/c1-12-6-8-14(9-7-12)25-19(27)17-18(20(25)28)24(23-22-17)11-16(26)21-13-4-3-5-15(10-13)29-2/h3-10,17-18H,11H2,1-2H3,(H,21,26). The lowest BCUT2D eigenvalue weighted by Gasteiger charge is -2.20. The first-order valence-electron chi connectivity index (χ1n) is 9.04. The lowest BCUT2D eigenvalue weighted by atomic mass is 10.1. The van der Waals surface area contributed by atoms with Gasteiger partial charge < -0.3 is 5.32 Å². The Morgan fingerprint density at radius 1 is 1.14 bits per heavy atom. The highest BCUT2D eigenvalue weighted by Gasteiger charge is 2.55. The van der Waals surface area contributed by atoms with Gasteiger partial charge in [-0.1, -0.05) is 29.0 Å². The Bertz CT molecular complexity index is 1010. The molecule has 0 spiro atoms. The van der Waals surface area contributed by atoms with Crippen LogP contribution >= 0.6 is 11.8 Å². The van der Waals surface area contributed by atoms with Crippen LogP contribution in [0.1, 0.15) is 5.56 Å². The number of hydrogen-bond acceptors (Lipinski definition) is 7. The average Bonchev–Trinajstić information content (AvgIpc) is 3.23. The van der Waals surface area contributed by atoms with Crippen molar-refractivity contribution in [2.45, 2.75) is 23.9 Å². The highest BCUT2D eigenvalue weighted by atomic mass is 32.2. The van der Waals surface area contributed by atoms with E-state index in [0.29, 0.717) is 11.4 Å². The third-order valence-electron chi connectivity index (χ3n) is 4.81. The second-order valence-corrected chi connectivity index (χ2v) is 7.70. The summed E-state index contributed by atoms with van der Waals surface area (Å²) in [5.41, 5.74) is 2.18. The van der Waals surface area contributed by atoms with Crippen molar-refractivity contribution < 1.29 is 14.4 Å². The van der Waals surface area contributed by atoms with E-state index in [0.717, 1.165) is 15.4 Å². The maximum absolute atomic E-state index is 12.9. The maximum atomic E-state index is 12.9. The van der Waals surface area contributed by atoms with Crippen LogP contribution in [0, 0.1) is 6.92 Å². The molecule has 0 aliphatic carbocycles. The van der Waals surface area contributed by atoms with Crippen molar-refractivity contribution in [3.8, 4) is 0 Å². The molecule has 2 aliphatic rings. The maximum Gasteiger partial charge on any atom is 0.263 e. The summed E-state index contributed by atoms with van der Waals surface area (Å²) >= 11 is 1.57. The Hall–Kier alpha value is -3.20. The number of carbonyl (C=O) groups is 3. The highest BCUT2D eigenvalue weighted by molar-refractivity contribution is 7.98. The van der Waals surface area contributed by atoms with Gasteiger partial charge in [-0.2, -0.15) is 5.11 Å². The summed E-state index contributed by atoms with van der Waals surface area (Å²) in [7, 11) is 0. The minimum atomic E-state index is -0.920. The number of fused-ring (bicyclic) bond motifs is 1. The molecule has 2 atom stereocenters. The van der Waals surface area contributed by atoms with E-state index < -0.39 is 23.9 Å². The number of thioether (sulfide) groups is 1. The number of rotatable bonds is 5. The average molecular weight is 409 g/mol. The van der Waals surface area contributed by atoms with Crippen LogP contribution in [0.3, 0.4) is 0 Å². The number of carbonyl (C=O) groups excluding carboxylic acids is 3. The molecule has 1 saturated heterocycles. The molecule has 0 saturated carbocycles. The molecular formula is C20H19N5O3S. The fourth-order valence-electron chi connectivity index (χ4n) is 3.35. The molecule has 1 fully saturated rings. The predicted octanol–water partition coefficient (Wildman–Crippen LogP) is 2.65. The van der Waals surface area contributed by atoms with Crippen molar-refractivity contribution in [1.82, 2.24) is 5.01 Å². The minimum Gasteiger partial charge on any atom is -0.324 e. The number of anilines is 2. The summed E-state index contributed by atoms with van der Waals surface area (Å²) in [6, 6.07) is 12.7. The van der Waals surface area contributed by atoms with Crippen LogP contribution in [0.2, 0.25) is 0 Å². The van der Waals surface area contributed by atoms with Gasteiger partial charge in [-0.05, 0) is 43.5 Å². The van der Waals surface area contributed by atoms with Gasteiger partial charge in [0.25, 0.3) is 11.8 Å². The fraction of sp³-hybridized carbons (Fsp3) is 0.250. The molecular weight excluding hydrogens is 390 g/mol. The lowest BCUT2D eigenvalue weighted by Crippen LogP contribution is -2.43. The summed E-state index contributed by atoms with van der Waals surface area (Å²) in [6.07, 6.45) is 1.95. The van der Waals surface area contributed by atoms with E-state index in [4.69, 9.17) is 0 Å². The summed E-state index contributed by atoms with van der Waals surface area (Å²) in [5, 5.41) is 11.9. The van der Waals surface area contributed by atoms with Gasteiger partial charge in [0.2, 0.25) is 5.91 Å². The number of nitrogens with one attached hydrogen (secondary N) is 1. The molecule has 2 aliphatic heterocycles. The quantitative estimate of drug-likeness (QED) is 0.605. The summed E-state index contributed by atoms with van der Waals surface area (Å²) in [6.45, 7) is 1.75. The van der Waals surface area contributed by atoms with Crippen LogP contribution < -0.4 is 10.2 Å². The first kappa shape index (κ1) is 19.1. The summed E-state index contributed by atoms with van der Waals surface area (Å²) < 4.78 is 0. The molecule has 2 heterocycles. The van der Waals surface area contributed by atoms with Crippen molar-refractivity contribution in [2.75, 3.05) is 23.0 Å². The number of nitrogens with zero attached hydrogens (tertiary/aromatic N) is 4. The van der Waals surface area contributed by atoms with Gasteiger partial charge >= 0.3 is 0 Å². The molecule has 29 heavy (non-hydrogen) atoms. The SMILES string of the molecule is CSc1cccc(NC(=O)CN2N=NC3C(=O)N(c4ccc(C)cc4)C(=O)C32)c1. The monoisotopic (exact) mass is 409 g/mol. The summed E-state index contributed by atoms with van der Waals surface area (Å²) in [4.78, 5) is 40.2. The highest BCUT2D eigenvalue weighted by Crippen LogP contribution is 2.31. The first-order valence-corrected chi connectivity index (χ1v) is 10.3. The number of aryl methyl sites for hydroxylation is 1. The third-order valence-corrected chi connectivity index (χ3v) is 5.53. The van der Waals surface area contributed by atoms with Crippen molar-refractivity contribution >= 4 is 40.9 Å². The van der Waals surface area contributed by atoms with Crippen LogP contribution in [-0.4, -0.2) is 47.6 Å². The first-order chi connectivity index (χ1) is 14.0. The molecule has 0 aromatic heterocycles. The second kappa shape index (κ2) is 7.67. The van der Waals surface area contributed by atoms with Gasteiger partial charge in [-0.15, -0.1) is 11.8 Å². The normalized spacial score (nSPS) is 20.3. The van der Waals surface area contributed by atoms with Crippen molar-refractivity contribution in [1.29, 1.82) is 0 Å². The zero-order valence-corrected chi connectivity index (χ0v) is 16.7. The molecule has 8 nitrogen and oxygen atoms in total. The van der Waals surface area contributed by atoms with Crippen molar-refractivity contribution in [3.05, 3.63) is 54.1 Å². The second-order valence-electron chi connectivity index (χ2n) is 6.82. The van der Waals surface area contributed by atoms with Gasteiger partial charge in [0.1, 0.15) is 6.54 Å². The number of imide groups is 1. The number of amides is 3. The Balaban J connectivity index is 1.47. The van der Waals surface area contributed by atoms with Gasteiger partial charge in [0.15, 0.2) is 12.1 Å². The lowest BCUT2D eigenvalue weighted by molar-refractivity contribution is -0.123. The summed E-state index contributed by atoms with van der Waals surface area (Å²) in [5.74, 6) is -1.19. The van der Waals surface area contributed by atoms with E-state index >= 15 is 0 Å². The zero-order chi connectivity index (χ0) is 20.5. The smallest absolute Gasteiger partial charge is 0.263 e. The molecule has 2 aromatic rings. The Morgan fingerprint density at radius 2 is 1.90 bits per heavy atom.